The molecule has 19 heavy (non-hydrogen) atoms. The fourth-order valence-corrected chi connectivity index (χ4v) is 1.66. The van der Waals surface area contributed by atoms with Gasteiger partial charge in [0.2, 0.25) is 0 Å². The Morgan fingerprint density at radius 3 is 2.00 bits per heavy atom. The average Bonchev–Trinajstić information content (AvgIpc) is 2.46. The third kappa shape index (κ3) is 3.46. The molecule has 94 valence electrons. The predicted molar refractivity (Wildman–Crippen MR) is 74.9 cm³/mol. The maximum Gasteiger partial charge on any atom is 0.310 e. The van der Waals surface area contributed by atoms with E-state index in [2.05, 4.69) is 11.8 Å². The lowest BCUT2D eigenvalue weighted by Crippen LogP contribution is -2.06. The van der Waals surface area contributed by atoms with Crippen LogP contribution in [-0.4, -0.2) is 11.1 Å². The Bertz CT molecular complexity index is 616. The van der Waals surface area contributed by atoms with E-state index in [1.165, 1.54) is 0 Å². The highest BCUT2D eigenvalue weighted by atomic mass is 16.4. The molecule has 0 saturated heterocycles. The van der Waals surface area contributed by atoms with Crippen molar-refractivity contribution in [1.29, 1.82) is 0 Å². The van der Waals surface area contributed by atoms with Crippen molar-refractivity contribution in [3.63, 3.8) is 0 Å². The summed E-state index contributed by atoms with van der Waals surface area (Å²) in [6, 6.07) is 17.1. The van der Waals surface area contributed by atoms with E-state index >= 15 is 0 Å². The molecule has 1 atom stereocenters. The molecule has 2 aromatic rings. The Morgan fingerprint density at radius 1 is 0.947 bits per heavy atom. The molecule has 0 bridgehead atoms. The quantitative estimate of drug-likeness (QED) is 0.830. The lowest BCUT2D eigenvalue weighted by atomic mass is 10.0. The van der Waals surface area contributed by atoms with Gasteiger partial charge < -0.3 is 5.11 Å². The van der Waals surface area contributed by atoms with E-state index in [9.17, 15) is 4.79 Å². The third-order valence-corrected chi connectivity index (χ3v) is 2.91. The van der Waals surface area contributed by atoms with Gasteiger partial charge >= 0.3 is 5.97 Å². The summed E-state index contributed by atoms with van der Waals surface area (Å²) in [4.78, 5) is 10.9. The summed E-state index contributed by atoms with van der Waals surface area (Å²) < 4.78 is 0. The highest BCUT2D eigenvalue weighted by Gasteiger charge is 2.12. The van der Waals surface area contributed by atoms with Gasteiger partial charge in [0.25, 0.3) is 0 Å². The highest BCUT2D eigenvalue weighted by Crippen LogP contribution is 2.15. The van der Waals surface area contributed by atoms with Gasteiger partial charge in [-0.2, -0.15) is 0 Å². The summed E-state index contributed by atoms with van der Waals surface area (Å²) in [6.07, 6.45) is 0. The molecule has 0 aliphatic heterocycles. The molecule has 2 nitrogen and oxygen atoms in total. The Hall–Kier alpha value is -2.53. The molecule has 0 aliphatic carbocycles. The summed E-state index contributed by atoms with van der Waals surface area (Å²) in [6.45, 7) is 1.67. The summed E-state index contributed by atoms with van der Waals surface area (Å²) in [5.74, 6) is 4.82. The first-order valence-corrected chi connectivity index (χ1v) is 6.06. The maximum atomic E-state index is 10.9. The zero-order valence-electron chi connectivity index (χ0n) is 10.6. The van der Waals surface area contributed by atoms with Gasteiger partial charge in [0, 0.05) is 11.1 Å². The molecule has 2 rings (SSSR count). The van der Waals surface area contributed by atoms with Crippen molar-refractivity contribution >= 4 is 5.97 Å². The van der Waals surface area contributed by atoms with Crippen LogP contribution in [0, 0.1) is 11.8 Å². The standard InChI is InChI=1S/C17H14O2/c1-13(17(18)19)16-11-9-15(10-12-16)8-7-14-5-3-2-4-6-14/h2-6,9-13H,1H3,(H,18,19). The van der Waals surface area contributed by atoms with Crippen LogP contribution in [0.4, 0.5) is 0 Å². The Kier molecular flexibility index (Phi) is 4.00. The second-order valence-electron chi connectivity index (χ2n) is 4.30. The van der Waals surface area contributed by atoms with E-state index in [4.69, 9.17) is 5.11 Å². The van der Waals surface area contributed by atoms with Crippen LogP contribution in [-0.2, 0) is 4.79 Å². The van der Waals surface area contributed by atoms with Gasteiger partial charge in [0.15, 0.2) is 0 Å². The van der Waals surface area contributed by atoms with Gasteiger partial charge in [-0.05, 0) is 36.8 Å². The van der Waals surface area contributed by atoms with Crippen LogP contribution in [0.15, 0.2) is 54.6 Å². The molecular weight excluding hydrogens is 236 g/mol. The molecule has 0 aliphatic rings. The summed E-state index contributed by atoms with van der Waals surface area (Å²) in [5, 5.41) is 8.93. The van der Waals surface area contributed by atoms with Crippen LogP contribution in [0.1, 0.15) is 29.5 Å². The maximum absolute atomic E-state index is 10.9. The van der Waals surface area contributed by atoms with E-state index in [1.54, 1.807) is 6.92 Å². The first-order chi connectivity index (χ1) is 9.16. The topological polar surface area (TPSA) is 37.3 Å². The monoisotopic (exact) mass is 250 g/mol. The van der Waals surface area contributed by atoms with E-state index in [0.717, 1.165) is 16.7 Å². The van der Waals surface area contributed by atoms with Gasteiger partial charge in [0.05, 0.1) is 5.92 Å². The molecule has 0 radical (unpaired) electrons. The van der Waals surface area contributed by atoms with Gasteiger partial charge in [0.1, 0.15) is 0 Å². The van der Waals surface area contributed by atoms with Crippen molar-refractivity contribution < 1.29 is 9.90 Å². The fourth-order valence-electron chi connectivity index (χ4n) is 1.66. The normalized spacial score (nSPS) is 11.2. The van der Waals surface area contributed by atoms with Crippen molar-refractivity contribution in [3.8, 4) is 11.8 Å². The minimum atomic E-state index is -0.817. The van der Waals surface area contributed by atoms with Gasteiger partial charge in [-0.3, -0.25) is 4.79 Å². The zero-order chi connectivity index (χ0) is 13.7. The molecule has 1 N–H and O–H groups in total. The predicted octanol–water partition coefficient (Wildman–Crippen LogP) is 3.27. The largest absolute Gasteiger partial charge is 0.481 e. The number of aliphatic carboxylic acids is 1. The van der Waals surface area contributed by atoms with Crippen molar-refractivity contribution in [2.45, 2.75) is 12.8 Å². The second-order valence-corrected chi connectivity index (χ2v) is 4.30. The SMILES string of the molecule is CC(C(=O)O)c1ccc(C#Cc2ccccc2)cc1. The van der Waals surface area contributed by atoms with Crippen molar-refractivity contribution in [1.82, 2.24) is 0 Å². The molecule has 2 aromatic carbocycles. The van der Waals surface area contributed by atoms with Gasteiger partial charge in [-0.25, -0.2) is 0 Å². The molecule has 2 heteroatoms. The number of carboxylic acid groups (broad SMARTS) is 1. The van der Waals surface area contributed by atoms with Crippen molar-refractivity contribution in [3.05, 3.63) is 71.3 Å². The van der Waals surface area contributed by atoms with Gasteiger partial charge in [-0.15, -0.1) is 0 Å². The van der Waals surface area contributed by atoms with E-state index in [-0.39, 0.29) is 0 Å². The second kappa shape index (κ2) is 5.88. The van der Waals surface area contributed by atoms with E-state index in [1.807, 2.05) is 54.6 Å². The Morgan fingerprint density at radius 2 is 1.47 bits per heavy atom. The number of carbonyl (C=O) groups is 1. The lowest BCUT2D eigenvalue weighted by Gasteiger charge is -2.05. The Balaban J connectivity index is 2.16. The summed E-state index contributed by atoms with van der Waals surface area (Å²) >= 11 is 0. The molecule has 0 heterocycles. The molecule has 1 unspecified atom stereocenters. The summed E-state index contributed by atoms with van der Waals surface area (Å²) in [7, 11) is 0. The zero-order valence-corrected chi connectivity index (χ0v) is 10.6. The number of carboxylic acids is 1. The minimum absolute atomic E-state index is 0.490. The number of hydrogen-bond acceptors (Lipinski definition) is 1. The van der Waals surface area contributed by atoms with E-state index in [0.29, 0.717) is 0 Å². The van der Waals surface area contributed by atoms with E-state index < -0.39 is 11.9 Å². The molecule has 0 saturated carbocycles. The first kappa shape index (κ1) is 12.9. The molecule has 0 fully saturated rings. The van der Waals surface area contributed by atoms with Crippen molar-refractivity contribution in [2.75, 3.05) is 0 Å². The Labute approximate surface area is 112 Å². The van der Waals surface area contributed by atoms with Crippen molar-refractivity contribution in [2.24, 2.45) is 0 Å². The van der Waals surface area contributed by atoms with Crippen LogP contribution in [0.2, 0.25) is 0 Å². The van der Waals surface area contributed by atoms with Crippen LogP contribution in [0.5, 0.6) is 0 Å². The third-order valence-electron chi connectivity index (χ3n) is 2.91. The first-order valence-electron chi connectivity index (χ1n) is 6.06. The van der Waals surface area contributed by atoms with Crippen LogP contribution in [0.25, 0.3) is 0 Å². The minimum Gasteiger partial charge on any atom is -0.481 e. The molecule has 0 aromatic heterocycles. The van der Waals surface area contributed by atoms with Crippen LogP contribution < -0.4 is 0 Å². The smallest absolute Gasteiger partial charge is 0.310 e. The van der Waals surface area contributed by atoms with Crippen LogP contribution >= 0.6 is 0 Å². The number of benzene rings is 2. The van der Waals surface area contributed by atoms with Gasteiger partial charge in [-0.1, -0.05) is 42.2 Å². The molecule has 0 spiro atoms. The summed E-state index contributed by atoms with van der Waals surface area (Å²) in [5.41, 5.74) is 2.63. The fraction of sp³-hybridized carbons (Fsp3) is 0.118. The highest BCUT2D eigenvalue weighted by molar-refractivity contribution is 5.75. The number of hydrogen-bond donors (Lipinski definition) is 1. The number of rotatable bonds is 2. The molecule has 0 amide bonds. The molecular formula is C17H14O2. The van der Waals surface area contributed by atoms with Crippen LogP contribution in [0.3, 0.4) is 0 Å². The lowest BCUT2D eigenvalue weighted by molar-refractivity contribution is -0.138. The average molecular weight is 250 g/mol.